The Labute approximate surface area is 197 Å². The van der Waals surface area contributed by atoms with Crippen molar-refractivity contribution in [3.8, 4) is 0 Å². The molecule has 1 amide bonds. The Hall–Kier alpha value is -1.38. The minimum absolute atomic E-state index is 0.0560. The van der Waals surface area contributed by atoms with E-state index in [1.54, 1.807) is 15.9 Å². The standard InChI is InChI=1S/C24H33N3O3S2/c1-26(16-8-3-2-4-9-16)20(28)15-31-24-25-22-21(18-11-5-6-12-19(18)32-22)23(29)27(24)14-17-10-7-13-30-17/h16-17H,2-15H2,1H3/t17-/m0/s1. The van der Waals surface area contributed by atoms with Gasteiger partial charge in [0.1, 0.15) is 4.83 Å². The van der Waals surface area contributed by atoms with Gasteiger partial charge >= 0.3 is 0 Å². The fourth-order valence-corrected chi connectivity index (χ4v) is 7.62. The van der Waals surface area contributed by atoms with E-state index in [-0.39, 0.29) is 17.6 Å². The SMILES string of the molecule is CN(C(=O)CSc1nc2sc3c(c2c(=O)n1C[C@@H]1CCCO1)CCCC3)C1CCCCC1. The summed E-state index contributed by atoms with van der Waals surface area (Å²) >= 11 is 3.10. The highest BCUT2D eigenvalue weighted by Gasteiger charge is 2.26. The van der Waals surface area contributed by atoms with E-state index in [1.165, 1.54) is 47.9 Å². The van der Waals surface area contributed by atoms with Crippen LogP contribution in [-0.4, -0.2) is 51.9 Å². The quantitative estimate of drug-likeness (QED) is 0.458. The molecule has 1 saturated carbocycles. The summed E-state index contributed by atoms with van der Waals surface area (Å²) in [6, 6.07) is 0.352. The van der Waals surface area contributed by atoms with Gasteiger partial charge in [0, 0.05) is 24.6 Å². The topological polar surface area (TPSA) is 64.4 Å². The smallest absolute Gasteiger partial charge is 0.263 e. The lowest BCUT2D eigenvalue weighted by Crippen LogP contribution is -2.39. The van der Waals surface area contributed by atoms with Gasteiger partial charge in [-0.3, -0.25) is 14.2 Å². The molecule has 2 aromatic rings. The second-order valence-electron chi connectivity index (χ2n) is 9.42. The number of thioether (sulfide) groups is 1. The molecule has 2 aromatic heterocycles. The van der Waals surface area contributed by atoms with Crippen molar-refractivity contribution >= 4 is 39.2 Å². The summed E-state index contributed by atoms with van der Waals surface area (Å²) in [5, 5.41) is 1.49. The molecule has 1 saturated heterocycles. The van der Waals surface area contributed by atoms with Crippen LogP contribution in [0.3, 0.4) is 0 Å². The number of thiophene rings is 1. The van der Waals surface area contributed by atoms with Crippen LogP contribution in [0.25, 0.3) is 10.2 Å². The fraction of sp³-hybridized carbons (Fsp3) is 0.708. The van der Waals surface area contributed by atoms with E-state index >= 15 is 0 Å². The van der Waals surface area contributed by atoms with Crippen molar-refractivity contribution in [2.75, 3.05) is 19.4 Å². The van der Waals surface area contributed by atoms with E-state index in [9.17, 15) is 9.59 Å². The molecule has 6 nitrogen and oxygen atoms in total. The maximum Gasteiger partial charge on any atom is 0.263 e. The molecule has 1 aliphatic heterocycles. The predicted molar refractivity (Wildman–Crippen MR) is 130 cm³/mol. The number of fused-ring (bicyclic) bond motifs is 3. The first kappa shape index (κ1) is 22.4. The number of ether oxygens (including phenoxy) is 1. The number of aromatic nitrogens is 2. The maximum absolute atomic E-state index is 13.7. The summed E-state index contributed by atoms with van der Waals surface area (Å²) in [4.78, 5) is 35.7. The average molecular weight is 476 g/mol. The summed E-state index contributed by atoms with van der Waals surface area (Å²) < 4.78 is 7.65. The third-order valence-electron chi connectivity index (χ3n) is 7.29. The van der Waals surface area contributed by atoms with Crippen LogP contribution >= 0.6 is 23.1 Å². The molecular formula is C24H33N3O3S2. The van der Waals surface area contributed by atoms with Crippen molar-refractivity contribution in [1.29, 1.82) is 0 Å². The molecule has 32 heavy (non-hydrogen) atoms. The van der Waals surface area contributed by atoms with Crippen molar-refractivity contribution in [3.05, 3.63) is 20.8 Å². The van der Waals surface area contributed by atoms with Gasteiger partial charge in [0.2, 0.25) is 5.91 Å². The van der Waals surface area contributed by atoms with Crippen LogP contribution in [0.15, 0.2) is 9.95 Å². The summed E-state index contributed by atoms with van der Waals surface area (Å²) in [7, 11) is 1.93. The number of carbonyl (C=O) groups is 1. The number of rotatable bonds is 6. The first-order valence-corrected chi connectivity index (χ1v) is 14.0. The van der Waals surface area contributed by atoms with Gasteiger partial charge in [-0.1, -0.05) is 31.0 Å². The lowest BCUT2D eigenvalue weighted by atomic mass is 9.94. The summed E-state index contributed by atoms with van der Waals surface area (Å²) in [6.45, 7) is 1.29. The molecule has 2 aliphatic carbocycles. The predicted octanol–water partition coefficient (Wildman–Crippen LogP) is 4.40. The van der Waals surface area contributed by atoms with Gasteiger partial charge in [-0.2, -0.15) is 0 Å². The summed E-state index contributed by atoms with van der Waals surface area (Å²) in [5.41, 5.74) is 1.28. The van der Waals surface area contributed by atoms with Crippen LogP contribution in [0.2, 0.25) is 0 Å². The van der Waals surface area contributed by atoms with Gasteiger partial charge in [0.15, 0.2) is 5.16 Å². The number of nitrogens with zero attached hydrogens (tertiary/aromatic N) is 3. The molecule has 0 spiro atoms. The molecule has 0 unspecified atom stereocenters. The van der Waals surface area contributed by atoms with Gasteiger partial charge in [0.25, 0.3) is 5.56 Å². The zero-order valence-corrected chi connectivity index (χ0v) is 20.6. The highest BCUT2D eigenvalue weighted by atomic mass is 32.2. The van der Waals surface area contributed by atoms with Crippen molar-refractivity contribution in [2.24, 2.45) is 0 Å². The minimum Gasteiger partial charge on any atom is -0.376 e. The molecule has 8 heteroatoms. The zero-order chi connectivity index (χ0) is 22.1. The van der Waals surface area contributed by atoms with Gasteiger partial charge in [-0.15, -0.1) is 11.3 Å². The first-order chi connectivity index (χ1) is 15.6. The van der Waals surface area contributed by atoms with E-state index < -0.39 is 0 Å². The Morgan fingerprint density at radius 2 is 1.97 bits per heavy atom. The van der Waals surface area contributed by atoms with Crippen LogP contribution in [-0.2, 0) is 28.9 Å². The number of carbonyl (C=O) groups excluding carboxylic acids is 1. The second-order valence-corrected chi connectivity index (χ2v) is 11.4. The normalized spacial score (nSPS) is 21.7. The monoisotopic (exact) mass is 475 g/mol. The molecule has 0 bridgehead atoms. The van der Waals surface area contributed by atoms with Gasteiger partial charge in [0.05, 0.1) is 23.8 Å². The van der Waals surface area contributed by atoms with E-state index in [1.807, 2.05) is 11.9 Å². The van der Waals surface area contributed by atoms with E-state index in [2.05, 4.69) is 0 Å². The number of hydrogen-bond acceptors (Lipinski definition) is 6. The molecular weight excluding hydrogens is 442 g/mol. The van der Waals surface area contributed by atoms with Crippen LogP contribution in [0.5, 0.6) is 0 Å². The molecule has 3 aliphatic rings. The Balaban J connectivity index is 1.42. The summed E-state index contributed by atoms with van der Waals surface area (Å²) in [6.07, 6.45) is 12.3. The van der Waals surface area contributed by atoms with Crippen LogP contribution in [0, 0.1) is 0 Å². The van der Waals surface area contributed by atoms with Gasteiger partial charge < -0.3 is 9.64 Å². The van der Waals surface area contributed by atoms with Crippen molar-refractivity contribution < 1.29 is 9.53 Å². The Bertz CT molecular complexity index is 1040. The Kier molecular flexibility index (Phi) is 6.90. The number of aryl methyl sites for hydroxylation is 2. The molecule has 5 rings (SSSR count). The van der Waals surface area contributed by atoms with Crippen LogP contribution in [0.1, 0.15) is 68.2 Å². The lowest BCUT2D eigenvalue weighted by molar-refractivity contribution is -0.129. The van der Waals surface area contributed by atoms with Crippen molar-refractivity contribution in [1.82, 2.24) is 14.5 Å². The lowest BCUT2D eigenvalue weighted by Gasteiger charge is -2.31. The first-order valence-electron chi connectivity index (χ1n) is 12.2. The Morgan fingerprint density at radius 1 is 1.16 bits per heavy atom. The van der Waals surface area contributed by atoms with Crippen molar-refractivity contribution in [2.45, 2.75) is 94.5 Å². The third-order valence-corrected chi connectivity index (χ3v) is 9.44. The van der Waals surface area contributed by atoms with Crippen LogP contribution < -0.4 is 5.56 Å². The second kappa shape index (κ2) is 9.85. The molecule has 0 aromatic carbocycles. The van der Waals surface area contributed by atoms with E-state index in [0.29, 0.717) is 23.5 Å². The van der Waals surface area contributed by atoms with Crippen molar-refractivity contribution in [3.63, 3.8) is 0 Å². The average Bonchev–Trinajstić information content (AvgIpc) is 3.47. The summed E-state index contributed by atoms with van der Waals surface area (Å²) in [5.74, 6) is 0.451. The fourth-order valence-electron chi connectivity index (χ4n) is 5.38. The highest BCUT2D eigenvalue weighted by Crippen LogP contribution is 2.35. The zero-order valence-electron chi connectivity index (χ0n) is 18.9. The third kappa shape index (κ3) is 4.50. The van der Waals surface area contributed by atoms with Crippen LogP contribution in [0.4, 0.5) is 0 Å². The maximum atomic E-state index is 13.7. The number of hydrogen-bond donors (Lipinski definition) is 0. The minimum atomic E-state index is 0.0560. The molecule has 0 radical (unpaired) electrons. The molecule has 2 fully saturated rings. The Morgan fingerprint density at radius 3 is 2.75 bits per heavy atom. The highest BCUT2D eigenvalue weighted by molar-refractivity contribution is 7.99. The molecule has 174 valence electrons. The molecule has 1 atom stereocenters. The molecule has 0 N–H and O–H groups in total. The van der Waals surface area contributed by atoms with E-state index in [4.69, 9.17) is 9.72 Å². The largest absolute Gasteiger partial charge is 0.376 e. The van der Waals surface area contributed by atoms with Gasteiger partial charge in [-0.25, -0.2) is 4.98 Å². The molecule has 3 heterocycles. The van der Waals surface area contributed by atoms with E-state index in [0.717, 1.165) is 61.8 Å². The van der Waals surface area contributed by atoms with Gasteiger partial charge in [-0.05, 0) is 56.9 Å². The number of amides is 1.